The summed E-state index contributed by atoms with van der Waals surface area (Å²) in [7, 11) is 0. The number of hydrogen-bond acceptors (Lipinski definition) is 2. The standard InChI is InChI=1S/C11H14ClNO2/c1-9(12)5-4-7-10-6-2-3-8-11(10)13(14)15/h2-3,6,8-9H,4-5,7H2,1H3. The van der Waals surface area contributed by atoms with Gasteiger partial charge in [0.2, 0.25) is 0 Å². The Morgan fingerprint density at radius 3 is 2.73 bits per heavy atom. The van der Waals surface area contributed by atoms with Crippen molar-refractivity contribution >= 4 is 17.3 Å². The van der Waals surface area contributed by atoms with E-state index >= 15 is 0 Å². The van der Waals surface area contributed by atoms with Crippen LogP contribution in [-0.4, -0.2) is 10.3 Å². The van der Waals surface area contributed by atoms with Crippen LogP contribution in [0.2, 0.25) is 0 Å². The van der Waals surface area contributed by atoms with Crippen LogP contribution in [0.25, 0.3) is 0 Å². The van der Waals surface area contributed by atoms with Gasteiger partial charge >= 0.3 is 0 Å². The average molecular weight is 228 g/mol. The predicted molar refractivity (Wildman–Crippen MR) is 61.3 cm³/mol. The van der Waals surface area contributed by atoms with Crippen LogP contribution in [0.1, 0.15) is 25.3 Å². The van der Waals surface area contributed by atoms with Gasteiger partial charge in [-0.15, -0.1) is 11.6 Å². The lowest BCUT2D eigenvalue weighted by atomic mass is 10.1. The van der Waals surface area contributed by atoms with E-state index in [2.05, 4.69) is 0 Å². The fourth-order valence-corrected chi connectivity index (χ4v) is 1.63. The molecule has 0 aromatic heterocycles. The Balaban J connectivity index is 2.63. The fraction of sp³-hybridized carbons (Fsp3) is 0.455. The van der Waals surface area contributed by atoms with Crippen molar-refractivity contribution in [3.8, 4) is 0 Å². The van der Waals surface area contributed by atoms with E-state index in [9.17, 15) is 10.1 Å². The van der Waals surface area contributed by atoms with Crippen molar-refractivity contribution in [1.82, 2.24) is 0 Å². The van der Waals surface area contributed by atoms with Crippen LogP contribution in [0.15, 0.2) is 24.3 Å². The summed E-state index contributed by atoms with van der Waals surface area (Å²) < 4.78 is 0. The van der Waals surface area contributed by atoms with Crippen molar-refractivity contribution in [3.05, 3.63) is 39.9 Å². The van der Waals surface area contributed by atoms with E-state index in [1.807, 2.05) is 13.0 Å². The molecule has 15 heavy (non-hydrogen) atoms. The van der Waals surface area contributed by atoms with Crippen molar-refractivity contribution < 1.29 is 4.92 Å². The second-order valence-corrected chi connectivity index (χ2v) is 4.30. The molecule has 0 radical (unpaired) electrons. The van der Waals surface area contributed by atoms with Crippen LogP contribution in [0.4, 0.5) is 5.69 Å². The molecule has 0 saturated carbocycles. The summed E-state index contributed by atoms with van der Waals surface area (Å²) in [5.41, 5.74) is 1.000. The maximum Gasteiger partial charge on any atom is 0.272 e. The molecule has 3 nitrogen and oxygen atoms in total. The van der Waals surface area contributed by atoms with Gasteiger partial charge in [-0.2, -0.15) is 0 Å². The fourth-order valence-electron chi connectivity index (χ4n) is 1.47. The van der Waals surface area contributed by atoms with Gasteiger partial charge in [0.25, 0.3) is 5.69 Å². The van der Waals surface area contributed by atoms with E-state index in [0.717, 1.165) is 18.4 Å². The summed E-state index contributed by atoms with van der Waals surface area (Å²) in [6, 6.07) is 6.86. The van der Waals surface area contributed by atoms with Gasteiger partial charge in [-0.1, -0.05) is 18.2 Å². The molecule has 0 N–H and O–H groups in total. The highest BCUT2D eigenvalue weighted by atomic mass is 35.5. The minimum absolute atomic E-state index is 0.132. The minimum Gasteiger partial charge on any atom is -0.258 e. The first-order valence-corrected chi connectivity index (χ1v) is 5.41. The summed E-state index contributed by atoms with van der Waals surface area (Å²) in [6.07, 6.45) is 2.48. The average Bonchev–Trinajstić information content (AvgIpc) is 2.17. The Kier molecular flexibility index (Phi) is 4.56. The number of para-hydroxylation sites is 1. The van der Waals surface area contributed by atoms with Gasteiger partial charge in [0, 0.05) is 17.0 Å². The van der Waals surface area contributed by atoms with Gasteiger partial charge in [0.15, 0.2) is 0 Å². The molecule has 1 aromatic rings. The first kappa shape index (κ1) is 12.0. The second kappa shape index (κ2) is 5.71. The molecule has 82 valence electrons. The SMILES string of the molecule is CC(Cl)CCCc1ccccc1[N+](=O)[O-]. The number of rotatable bonds is 5. The number of nitro groups is 1. The molecule has 0 saturated heterocycles. The number of halogens is 1. The molecule has 0 fully saturated rings. The highest BCUT2D eigenvalue weighted by molar-refractivity contribution is 6.20. The van der Waals surface area contributed by atoms with Gasteiger partial charge in [0.1, 0.15) is 0 Å². The van der Waals surface area contributed by atoms with Crippen molar-refractivity contribution in [2.75, 3.05) is 0 Å². The quantitative estimate of drug-likeness (QED) is 0.439. The van der Waals surface area contributed by atoms with Crippen LogP contribution in [0.5, 0.6) is 0 Å². The zero-order chi connectivity index (χ0) is 11.3. The van der Waals surface area contributed by atoms with Gasteiger partial charge in [-0.25, -0.2) is 0 Å². The molecule has 0 aliphatic heterocycles. The number of benzene rings is 1. The molecule has 0 aliphatic carbocycles. The minimum atomic E-state index is -0.334. The maximum absolute atomic E-state index is 10.7. The van der Waals surface area contributed by atoms with Crippen LogP contribution in [-0.2, 0) is 6.42 Å². The summed E-state index contributed by atoms with van der Waals surface area (Å²) in [5.74, 6) is 0. The smallest absolute Gasteiger partial charge is 0.258 e. The third kappa shape index (κ3) is 3.88. The molecular weight excluding hydrogens is 214 g/mol. The van der Waals surface area contributed by atoms with Gasteiger partial charge in [-0.3, -0.25) is 10.1 Å². The lowest BCUT2D eigenvalue weighted by Crippen LogP contribution is -1.97. The van der Waals surface area contributed by atoms with Gasteiger partial charge in [-0.05, 0) is 26.2 Å². The monoisotopic (exact) mass is 227 g/mol. The number of hydrogen-bond donors (Lipinski definition) is 0. The molecule has 4 heteroatoms. The number of alkyl halides is 1. The molecule has 0 aliphatic rings. The highest BCUT2D eigenvalue weighted by Gasteiger charge is 2.11. The second-order valence-electron chi connectivity index (χ2n) is 3.56. The lowest BCUT2D eigenvalue weighted by Gasteiger charge is -2.03. The Hall–Kier alpha value is -1.09. The Morgan fingerprint density at radius 2 is 2.13 bits per heavy atom. The van der Waals surface area contributed by atoms with Crippen LogP contribution < -0.4 is 0 Å². The third-order valence-corrected chi connectivity index (χ3v) is 2.45. The van der Waals surface area contributed by atoms with E-state index in [1.165, 1.54) is 0 Å². The third-order valence-electron chi connectivity index (χ3n) is 2.24. The zero-order valence-electron chi connectivity index (χ0n) is 8.65. The van der Waals surface area contributed by atoms with Gasteiger partial charge < -0.3 is 0 Å². The molecule has 0 heterocycles. The van der Waals surface area contributed by atoms with Crippen LogP contribution in [0, 0.1) is 10.1 Å². The predicted octanol–water partition coefficient (Wildman–Crippen LogP) is 3.54. The van der Waals surface area contributed by atoms with E-state index in [4.69, 9.17) is 11.6 Å². The van der Waals surface area contributed by atoms with Gasteiger partial charge in [0.05, 0.1) is 4.92 Å². The number of aryl methyl sites for hydroxylation is 1. The molecule has 1 atom stereocenters. The van der Waals surface area contributed by atoms with E-state index in [1.54, 1.807) is 18.2 Å². The Bertz CT molecular complexity index is 339. The van der Waals surface area contributed by atoms with E-state index in [0.29, 0.717) is 6.42 Å². The highest BCUT2D eigenvalue weighted by Crippen LogP contribution is 2.20. The van der Waals surface area contributed by atoms with Crippen LogP contribution >= 0.6 is 11.6 Å². The molecule has 1 unspecified atom stereocenters. The largest absolute Gasteiger partial charge is 0.272 e. The molecule has 1 aromatic carbocycles. The lowest BCUT2D eigenvalue weighted by molar-refractivity contribution is -0.385. The Labute approximate surface area is 94.2 Å². The molecule has 0 spiro atoms. The first-order valence-electron chi connectivity index (χ1n) is 4.97. The van der Waals surface area contributed by atoms with E-state index < -0.39 is 0 Å². The molecule has 0 amide bonds. The summed E-state index contributed by atoms with van der Waals surface area (Å²) >= 11 is 5.81. The zero-order valence-corrected chi connectivity index (χ0v) is 9.41. The van der Waals surface area contributed by atoms with E-state index in [-0.39, 0.29) is 16.0 Å². The topological polar surface area (TPSA) is 43.1 Å². The molecular formula is C11H14ClNO2. The van der Waals surface area contributed by atoms with Crippen molar-refractivity contribution in [3.63, 3.8) is 0 Å². The van der Waals surface area contributed by atoms with Crippen molar-refractivity contribution in [1.29, 1.82) is 0 Å². The summed E-state index contributed by atoms with van der Waals surface area (Å²) in [5, 5.41) is 10.8. The number of nitro benzene ring substituents is 1. The normalized spacial score (nSPS) is 12.4. The molecule has 0 bridgehead atoms. The summed E-state index contributed by atoms with van der Waals surface area (Å²) in [6.45, 7) is 1.93. The first-order chi connectivity index (χ1) is 7.11. The maximum atomic E-state index is 10.7. The van der Waals surface area contributed by atoms with Crippen molar-refractivity contribution in [2.45, 2.75) is 31.6 Å². The number of nitrogens with zero attached hydrogens (tertiary/aromatic N) is 1. The van der Waals surface area contributed by atoms with Crippen LogP contribution in [0.3, 0.4) is 0 Å². The summed E-state index contributed by atoms with van der Waals surface area (Å²) in [4.78, 5) is 10.4. The van der Waals surface area contributed by atoms with Crippen molar-refractivity contribution in [2.24, 2.45) is 0 Å². The molecule has 1 rings (SSSR count). The Morgan fingerprint density at radius 1 is 1.47 bits per heavy atom.